The minimum absolute atomic E-state index is 0.271. The van der Waals surface area contributed by atoms with Gasteiger partial charge in [-0.05, 0) is 40.5 Å². The SMILES string of the molecule is CCC1(CC)OC2(CC(C)(C)NC(C)(C)C2)N(C(N)=O)C1=O. The third-order valence-corrected chi connectivity index (χ3v) is 4.86. The number of hydrogen-bond donors (Lipinski definition) is 2. The van der Waals surface area contributed by atoms with E-state index in [2.05, 4.69) is 33.0 Å². The van der Waals surface area contributed by atoms with Gasteiger partial charge in [-0.3, -0.25) is 4.79 Å². The maximum Gasteiger partial charge on any atom is 0.323 e. The second-order valence-corrected chi connectivity index (χ2v) is 7.97. The first kappa shape index (κ1) is 17.2. The predicted octanol–water partition coefficient (Wildman–Crippen LogP) is 2.12. The maximum absolute atomic E-state index is 12.9. The van der Waals surface area contributed by atoms with Gasteiger partial charge < -0.3 is 15.8 Å². The third kappa shape index (κ3) is 2.52. The Balaban J connectivity index is 2.55. The summed E-state index contributed by atoms with van der Waals surface area (Å²) in [6, 6.07) is -0.720. The molecule has 0 aromatic heterocycles. The molecule has 2 aliphatic heterocycles. The fourth-order valence-electron chi connectivity index (χ4n) is 4.52. The molecule has 1 spiro atoms. The van der Waals surface area contributed by atoms with Crippen LogP contribution in [0.4, 0.5) is 4.79 Å². The van der Waals surface area contributed by atoms with Crippen molar-refractivity contribution in [2.45, 2.75) is 89.6 Å². The summed E-state index contributed by atoms with van der Waals surface area (Å²) in [5.41, 5.74) is 3.12. The number of amides is 3. The predicted molar refractivity (Wildman–Crippen MR) is 84.1 cm³/mol. The molecule has 3 N–H and O–H groups in total. The highest BCUT2D eigenvalue weighted by atomic mass is 16.6. The highest BCUT2D eigenvalue weighted by Crippen LogP contribution is 2.49. The summed E-state index contributed by atoms with van der Waals surface area (Å²) in [6.07, 6.45) is 2.12. The van der Waals surface area contributed by atoms with E-state index in [0.29, 0.717) is 25.7 Å². The van der Waals surface area contributed by atoms with Gasteiger partial charge in [0.1, 0.15) is 5.60 Å². The summed E-state index contributed by atoms with van der Waals surface area (Å²) in [4.78, 5) is 26.1. The normalized spacial score (nSPS) is 28.1. The molecule has 0 aromatic carbocycles. The van der Waals surface area contributed by atoms with Gasteiger partial charge in [0, 0.05) is 23.9 Å². The van der Waals surface area contributed by atoms with E-state index in [1.165, 1.54) is 4.90 Å². The van der Waals surface area contributed by atoms with Crippen molar-refractivity contribution >= 4 is 11.9 Å². The van der Waals surface area contributed by atoms with E-state index in [4.69, 9.17) is 10.5 Å². The van der Waals surface area contributed by atoms with Crippen molar-refractivity contribution in [3.63, 3.8) is 0 Å². The van der Waals surface area contributed by atoms with Crippen LogP contribution < -0.4 is 11.1 Å². The molecule has 3 amide bonds. The van der Waals surface area contributed by atoms with Gasteiger partial charge in [-0.2, -0.15) is 0 Å². The summed E-state index contributed by atoms with van der Waals surface area (Å²) in [6.45, 7) is 12.1. The average molecular weight is 311 g/mol. The van der Waals surface area contributed by atoms with E-state index in [9.17, 15) is 9.59 Å². The highest BCUT2D eigenvalue weighted by molar-refractivity contribution is 6.00. The van der Waals surface area contributed by atoms with Crippen LogP contribution in [0.25, 0.3) is 0 Å². The molecule has 6 nitrogen and oxygen atoms in total. The Kier molecular flexibility index (Phi) is 3.86. The van der Waals surface area contributed by atoms with E-state index in [0.717, 1.165) is 0 Å². The topological polar surface area (TPSA) is 84.7 Å². The van der Waals surface area contributed by atoms with Crippen molar-refractivity contribution in [2.75, 3.05) is 0 Å². The van der Waals surface area contributed by atoms with Gasteiger partial charge in [-0.1, -0.05) is 13.8 Å². The lowest BCUT2D eigenvalue weighted by molar-refractivity contribution is -0.176. The lowest BCUT2D eigenvalue weighted by Gasteiger charge is -2.52. The minimum Gasteiger partial charge on any atom is -0.351 e. The molecule has 6 heteroatoms. The molecule has 2 saturated heterocycles. The van der Waals surface area contributed by atoms with E-state index in [1.54, 1.807) is 0 Å². The number of nitrogens with two attached hydrogens (primary N) is 1. The zero-order valence-electron chi connectivity index (χ0n) is 14.6. The first-order chi connectivity index (χ1) is 9.93. The molecule has 2 rings (SSSR count). The lowest BCUT2D eigenvalue weighted by atomic mass is 9.76. The van der Waals surface area contributed by atoms with Crippen LogP contribution in [0, 0.1) is 0 Å². The molecule has 2 heterocycles. The summed E-state index contributed by atoms with van der Waals surface area (Å²) in [5, 5.41) is 3.55. The first-order valence-corrected chi connectivity index (χ1v) is 8.06. The van der Waals surface area contributed by atoms with Crippen molar-refractivity contribution < 1.29 is 14.3 Å². The smallest absolute Gasteiger partial charge is 0.323 e. The van der Waals surface area contributed by atoms with Gasteiger partial charge in [0.05, 0.1) is 0 Å². The molecule has 2 fully saturated rings. The number of hydrogen-bond acceptors (Lipinski definition) is 4. The maximum atomic E-state index is 12.9. The van der Waals surface area contributed by atoms with Crippen LogP contribution in [0.2, 0.25) is 0 Å². The average Bonchev–Trinajstić information content (AvgIpc) is 2.53. The van der Waals surface area contributed by atoms with Crippen LogP contribution in [-0.4, -0.2) is 39.2 Å². The molecule has 0 unspecified atom stereocenters. The number of nitrogens with one attached hydrogen (secondary N) is 1. The van der Waals surface area contributed by atoms with Crippen molar-refractivity contribution in [3.05, 3.63) is 0 Å². The molecule has 126 valence electrons. The summed E-state index contributed by atoms with van der Waals surface area (Å²) in [7, 11) is 0. The molecule has 0 radical (unpaired) electrons. The van der Waals surface area contributed by atoms with Crippen LogP contribution in [-0.2, 0) is 9.53 Å². The number of primary amides is 1. The summed E-state index contributed by atoms with van der Waals surface area (Å²) < 4.78 is 6.37. The Morgan fingerprint density at radius 2 is 1.64 bits per heavy atom. The van der Waals surface area contributed by atoms with Crippen molar-refractivity contribution in [1.29, 1.82) is 0 Å². The van der Waals surface area contributed by atoms with E-state index >= 15 is 0 Å². The minimum atomic E-state index is -0.965. The number of piperidine rings is 1. The molecule has 0 aliphatic carbocycles. The fourth-order valence-corrected chi connectivity index (χ4v) is 4.52. The summed E-state index contributed by atoms with van der Waals surface area (Å²) >= 11 is 0. The van der Waals surface area contributed by atoms with Crippen LogP contribution in [0.5, 0.6) is 0 Å². The second-order valence-electron chi connectivity index (χ2n) is 7.97. The lowest BCUT2D eigenvalue weighted by Crippen LogP contribution is -2.68. The summed E-state index contributed by atoms with van der Waals surface area (Å²) in [5.74, 6) is -0.293. The Morgan fingerprint density at radius 1 is 1.18 bits per heavy atom. The second kappa shape index (κ2) is 4.93. The van der Waals surface area contributed by atoms with E-state index in [-0.39, 0.29) is 17.0 Å². The van der Waals surface area contributed by atoms with Gasteiger partial charge in [0.15, 0.2) is 5.72 Å². The number of urea groups is 1. The van der Waals surface area contributed by atoms with Crippen LogP contribution in [0.15, 0.2) is 0 Å². The fraction of sp³-hybridized carbons (Fsp3) is 0.875. The number of nitrogens with zero attached hydrogens (tertiary/aromatic N) is 1. The van der Waals surface area contributed by atoms with Gasteiger partial charge in [0.25, 0.3) is 5.91 Å². The van der Waals surface area contributed by atoms with Crippen LogP contribution >= 0.6 is 0 Å². The van der Waals surface area contributed by atoms with Crippen LogP contribution in [0.1, 0.15) is 67.2 Å². The largest absolute Gasteiger partial charge is 0.351 e. The molecule has 0 saturated carbocycles. The standard InChI is InChI=1S/C16H29N3O3/c1-7-15(8-2)11(20)19(12(17)21)16(22-15)9-13(3,4)18-14(5,6)10-16/h18H,7-10H2,1-6H3,(H2,17,21). The van der Waals surface area contributed by atoms with Gasteiger partial charge in [0.2, 0.25) is 0 Å². The highest BCUT2D eigenvalue weighted by Gasteiger charge is 2.65. The first-order valence-electron chi connectivity index (χ1n) is 8.06. The molecular formula is C16H29N3O3. The number of carbonyl (C=O) groups is 2. The van der Waals surface area contributed by atoms with Crippen molar-refractivity contribution in [3.8, 4) is 0 Å². The Bertz CT molecular complexity index is 479. The van der Waals surface area contributed by atoms with E-state index < -0.39 is 17.4 Å². The Morgan fingerprint density at radius 3 is 2.00 bits per heavy atom. The van der Waals surface area contributed by atoms with Gasteiger partial charge in [-0.25, -0.2) is 9.69 Å². The Labute approximate surface area is 132 Å². The van der Waals surface area contributed by atoms with Gasteiger partial charge in [-0.15, -0.1) is 0 Å². The number of imide groups is 1. The zero-order chi connectivity index (χ0) is 17.0. The molecule has 22 heavy (non-hydrogen) atoms. The van der Waals surface area contributed by atoms with Crippen molar-refractivity contribution in [1.82, 2.24) is 10.2 Å². The molecular weight excluding hydrogens is 282 g/mol. The monoisotopic (exact) mass is 311 g/mol. The third-order valence-electron chi connectivity index (χ3n) is 4.86. The van der Waals surface area contributed by atoms with E-state index in [1.807, 2.05) is 13.8 Å². The molecule has 0 aromatic rings. The number of rotatable bonds is 2. The zero-order valence-corrected chi connectivity index (χ0v) is 14.6. The molecule has 0 bridgehead atoms. The molecule has 0 atom stereocenters. The Hall–Kier alpha value is -1.14. The van der Waals surface area contributed by atoms with Crippen LogP contribution in [0.3, 0.4) is 0 Å². The number of ether oxygens (including phenoxy) is 1. The molecule has 2 aliphatic rings. The van der Waals surface area contributed by atoms with Gasteiger partial charge >= 0.3 is 6.03 Å². The quantitative estimate of drug-likeness (QED) is 0.818. The van der Waals surface area contributed by atoms with Crippen molar-refractivity contribution in [2.24, 2.45) is 5.73 Å². The number of carbonyl (C=O) groups excluding carboxylic acids is 2.